The topological polar surface area (TPSA) is 43.8 Å². The summed E-state index contributed by atoms with van der Waals surface area (Å²) in [5.74, 6) is -0.309. The Hall–Kier alpha value is -1.84. The van der Waals surface area contributed by atoms with Gasteiger partial charge in [-0.1, -0.05) is 0 Å². The molecule has 0 atom stereocenters. The van der Waals surface area contributed by atoms with Gasteiger partial charge >= 0.3 is 0 Å². The van der Waals surface area contributed by atoms with Crippen LogP contribution in [0.1, 0.15) is 25.6 Å². The zero-order valence-corrected chi connectivity index (χ0v) is 10.2. The van der Waals surface area contributed by atoms with E-state index in [4.69, 9.17) is 5.73 Å². The Morgan fingerprint density at radius 1 is 1.29 bits per heavy atom. The van der Waals surface area contributed by atoms with E-state index in [0.29, 0.717) is 11.3 Å². The third-order valence-electron chi connectivity index (χ3n) is 2.73. The minimum atomic E-state index is -0.309. The van der Waals surface area contributed by atoms with E-state index in [1.54, 1.807) is 12.1 Å². The Morgan fingerprint density at radius 3 is 2.53 bits per heavy atom. The summed E-state index contributed by atoms with van der Waals surface area (Å²) in [6, 6.07) is 4.99. The second kappa shape index (κ2) is 4.20. The van der Waals surface area contributed by atoms with Gasteiger partial charge in [-0.25, -0.2) is 4.39 Å². The van der Waals surface area contributed by atoms with Crippen LogP contribution in [-0.2, 0) is 0 Å². The van der Waals surface area contributed by atoms with E-state index in [-0.39, 0.29) is 11.9 Å². The number of nitrogens with zero attached hydrogens (tertiary/aromatic N) is 2. The first-order valence-corrected chi connectivity index (χ1v) is 5.60. The van der Waals surface area contributed by atoms with E-state index in [2.05, 4.69) is 5.10 Å². The average Bonchev–Trinajstić information content (AvgIpc) is 2.61. The molecule has 0 unspecified atom stereocenters. The SMILES string of the molecule is Cc1nn(C(C)C)cc1-c1ccc(N)cc1F. The molecule has 0 aliphatic heterocycles. The molecule has 0 spiro atoms. The van der Waals surface area contributed by atoms with Gasteiger partial charge in [0, 0.05) is 29.1 Å². The lowest BCUT2D eigenvalue weighted by Crippen LogP contribution is -2.00. The summed E-state index contributed by atoms with van der Waals surface area (Å²) >= 11 is 0. The first kappa shape index (κ1) is 11.6. The first-order chi connectivity index (χ1) is 7.99. The third kappa shape index (κ3) is 2.16. The maximum atomic E-state index is 13.8. The van der Waals surface area contributed by atoms with Crippen molar-refractivity contribution in [2.24, 2.45) is 0 Å². The van der Waals surface area contributed by atoms with Crippen molar-refractivity contribution in [2.45, 2.75) is 26.8 Å². The highest BCUT2D eigenvalue weighted by molar-refractivity contribution is 5.67. The van der Waals surface area contributed by atoms with Gasteiger partial charge in [0.2, 0.25) is 0 Å². The lowest BCUT2D eigenvalue weighted by molar-refractivity contribution is 0.529. The van der Waals surface area contributed by atoms with E-state index < -0.39 is 0 Å². The molecule has 0 amide bonds. The van der Waals surface area contributed by atoms with Gasteiger partial charge in [0.15, 0.2) is 0 Å². The maximum absolute atomic E-state index is 13.8. The van der Waals surface area contributed by atoms with Crippen LogP contribution >= 0.6 is 0 Å². The second-order valence-electron chi connectivity index (χ2n) is 4.44. The third-order valence-corrected chi connectivity index (χ3v) is 2.73. The minimum absolute atomic E-state index is 0.263. The molecule has 2 rings (SSSR count). The van der Waals surface area contributed by atoms with Crippen molar-refractivity contribution in [3.8, 4) is 11.1 Å². The summed E-state index contributed by atoms with van der Waals surface area (Å²) in [5, 5.41) is 4.37. The first-order valence-electron chi connectivity index (χ1n) is 5.60. The van der Waals surface area contributed by atoms with Crippen molar-refractivity contribution in [3.63, 3.8) is 0 Å². The Bertz CT molecular complexity index is 544. The molecule has 1 heterocycles. The quantitative estimate of drug-likeness (QED) is 0.810. The van der Waals surface area contributed by atoms with Crippen molar-refractivity contribution in [3.05, 3.63) is 35.9 Å². The number of hydrogen-bond donors (Lipinski definition) is 1. The van der Waals surface area contributed by atoms with Gasteiger partial charge in [-0.2, -0.15) is 5.10 Å². The molecule has 4 heteroatoms. The molecular weight excluding hydrogens is 217 g/mol. The van der Waals surface area contributed by atoms with Crippen molar-refractivity contribution < 1.29 is 4.39 Å². The molecule has 0 aliphatic carbocycles. The van der Waals surface area contributed by atoms with Gasteiger partial charge in [-0.15, -0.1) is 0 Å². The predicted molar refractivity (Wildman–Crippen MR) is 67.2 cm³/mol. The fraction of sp³-hybridized carbons (Fsp3) is 0.308. The van der Waals surface area contributed by atoms with Crippen molar-refractivity contribution in [1.29, 1.82) is 0 Å². The summed E-state index contributed by atoms with van der Waals surface area (Å²) in [5.41, 5.74) is 8.15. The molecular formula is C13H16FN3. The number of hydrogen-bond acceptors (Lipinski definition) is 2. The lowest BCUT2D eigenvalue weighted by Gasteiger charge is -2.04. The van der Waals surface area contributed by atoms with Crippen LogP contribution in [0.5, 0.6) is 0 Å². The summed E-state index contributed by atoms with van der Waals surface area (Å²) in [7, 11) is 0. The molecule has 90 valence electrons. The van der Waals surface area contributed by atoms with Gasteiger partial charge < -0.3 is 5.73 Å². The van der Waals surface area contributed by atoms with Crippen LogP contribution in [0.15, 0.2) is 24.4 Å². The molecule has 1 aromatic heterocycles. The van der Waals surface area contributed by atoms with Crippen molar-refractivity contribution >= 4 is 5.69 Å². The zero-order valence-electron chi connectivity index (χ0n) is 10.2. The normalized spacial score (nSPS) is 11.1. The molecule has 0 saturated heterocycles. The molecule has 0 aliphatic rings. The van der Waals surface area contributed by atoms with Crippen molar-refractivity contribution in [1.82, 2.24) is 9.78 Å². The molecule has 0 saturated carbocycles. The van der Waals surface area contributed by atoms with E-state index in [1.807, 2.05) is 31.6 Å². The maximum Gasteiger partial charge on any atom is 0.133 e. The number of nitrogen functional groups attached to an aromatic ring is 1. The van der Waals surface area contributed by atoms with Crippen LogP contribution in [0.25, 0.3) is 11.1 Å². The second-order valence-corrected chi connectivity index (χ2v) is 4.44. The number of rotatable bonds is 2. The van der Waals surface area contributed by atoms with Gasteiger partial charge in [-0.05, 0) is 39.0 Å². The fourth-order valence-corrected chi connectivity index (χ4v) is 1.76. The monoisotopic (exact) mass is 233 g/mol. The Labute approximate surface area is 100 Å². The number of anilines is 1. The molecule has 0 bridgehead atoms. The highest BCUT2D eigenvalue weighted by Crippen LogP contribution is 2.27. The Balaban J connectivity index is 2.52. The highest BCUT2D eigenvalue weighted by Gasteiger charge is 2.12. The minimum Gasteiger partial charge on any atom is -0.399 e. The lowest BCUT2D eigenvalue weighted by atomic mass is 10.1. The molecule has 1 aromatic carbocycles. The number of aryl methyl sites for hydroxylation is 1. The van der Waals surface area contributed by atoms with E-state index in [1.165, 1.54) is 6.07 Å². The molecule has 0 fully saturated rings. The Kier molecular flexibility index (Phi) is 2.88. The van der Waals surface area contributed by atoms with E-state index in [9.17, 15) is 4.39 Å². The molecule has 3 nitrogen and oxygen atoms in total. The number of halogens is 1. The number of nitrogens with two attached hydrogens (primary N) is 1. The summed E-state index contributed by atoms with van der Waals surface area (Å²) in [4.78, 5) is 0. The number of aromatic nitrogens is 2. The van der Waals surface area contributed by atoms with Crippen LogP contribution in [0.3, 0.4) is 0 Å². The van der Waals surface area contributed by atoms with Crippen LogP contribution in [0.4, 0.5) is 10.1 Å². The smallest absolute Gasteiger partial charge is 0.133 e. The molecule has 2 aromatic rings. The number of benzene rings is 1. The van der Waals surface area contributed by atoms with Gasteiger partial charge in [0.05, 0.1) is 5.69 Å². The summed E-state index contributed by atoms with van der Waals surface area (Å²) in [6.07, 6.45) is 1.87. The van der Waals surface area contributed by atoms with Crippen LogP contribution < -0.4 is 5.73 Å². The largest absolute Gasteiger partial charge is 0.399 e. The van der Waals surface area contributed by atoms with E-state index >= 15 is 0 Å². The average molecular weight is 233 g/mol. The molecule has 17 heavy (non-hydrogen) atoms. The van der Waals surface area contributed by atoms with Crippen LogP contribution in [0, 0.1) is 12.7 Å². The fourth-order valence-electron chi connectivity index (χ4n) is 1.76. The molecule has 2 N–H and O–H groups in total. The van der Waals surface area contributed by atoms with E-state index in [0.717, 1.165) is 11.3 Å². The summed E-state index contributed by atoms with van der Waals surface area (Å²) < 4.78 is 15.6. The zero-order chi connectivity index (χ0) is 12.6. The van der Waals surface area contributed by atoms with Crippen LogP contribution in [0.2, 0.25) is 0 Å². The predicted octanol–water partition coefficient (Wildman–Crippen LogP) is 3.16. The van der Waals surface area contributed by atoms with Gasteiger partial charge in [-0.3, -0.25) is 4.68 Å². The van der Waals surface area contributed by atoms with Gasteiger partial charge in [0.1, 0.15) is 5.82 Å². The summed E-state index contributed by atoms with van der Waals surface area (Å²) in [6.45, 7) is 5.95. The Morgan fingerprint density at radius 2 is 2.00 bits per heavy atom. The highest BCUT2D eigenvalue weighted by atomic mass is 19.1. The molecule has 0 radical (unpaired) electrons. The van der Waals surface area contributed by atoms with Crippen molar-refractivity contribution in [2.75, 3.05) is 5.73 Å². The van der Waals surface area contributed by atoms with Crippen LogP contribution in [-0.4, -0.2) is 9.78 Å². The van der Waals surface area contributed by atoms with Gasteiger partial charge in [0.25, 0.3) is 0 Å². The standard InChI is InChI=1S/C13H16FN3/c1-8(2)17-7-12(9(3)16-17)11-5-4-10(15)6-13(11)14/h4-8H,15H2,1-3H3.